The number of carbonyl (C=O) groups excluding carboxylic acids is 4. The molecular formula is C32H44N2O8. The second-order valence-corrected chi connectivity index (χ2v) is 12.0. The van der Waals surface area contributed by atoms with E-state index in [9.17, 15) is 24.3 Å². The van der Waals surface area contributed by atoms with Crippen LogP contribution >= 0.6 is 0 Å². The Morgan fingerprint density at radius 3 is 2.50 bits per heavy atom. The highest BCUT2D eigenvalue weighted by molar-refractivity contribution is 5.97. The van der Waals surface area contributed by atoms with Crippen molar-refractivity contribution in [1.82, 2.24) is 10.2 Å². The summed E-state index contributed by atoms with van der Waals surface area (Å²) < 4.78 is 15.9. The number of morpholine rings is 1. The van der Waals surface area contributed by atoms with Crippen LogP contribution in [0.1, 0.15) is 57.9 Å². The molecule has 0 aromatic heterocycles. The number of nitrogens with one attached hydrogen (secondary N) is 1. The van der Waals surface area contributed by atoms with Gasteiger partial charge in [-0.25, -0.2) is 0 Å². The smallest absolute Gasteiger partial charge is 0.223 e. The summed E-state index contributed by atoms with van der Waals surface area (Å²) in [5.41, 5.74) is 0.945. The average molecular weight is 585 g/mol. The van der Waals surface area contributed by atoms with Gasteiger partial charge in [-0.05, 0) is 56.7 Å². The first-order valence-corrected chi connectivity index (χ1v) is 14.9. The molecule has 0 saturated carbocycles. The number of phenols is 1. The van der Waals surface area contributed by atoms with Gasteiger partial charge in [-0.3, -0.25) is 24.1 Å². The van der Waals surface area contributed by atoms with Gasteiger partial charge in [-0.15, -0.1) is 0 Å². The summed E-state index contributed by atoms with van der Waals surface area (Å²) in [6, 6.07) is 3.89. The third-order valence-electron chi connectivity index (χ3n) is 8.43. The van der Waals surface area contributed by atoms with Crippen LogP contribution < -0.4 is 10.1 Å². The highest BCUT2D eigenvalue weighted by Crippen LogP contribution is 2.36. The number of allylic oxidation sites excluding steroid dienone is 2. The van der Waals surface area contributed by atoms with Gasteiger partial charge in [0.1, 0.15) is 11.4 Å². The molecule has 3 aliphatic rings. The summed E-state index contributed by atoms with van der Waals surface area (Å²) in [6.45, 7) is 6.56. The third kappa shape index (κ3) is 8.72. The van der Waals surface area contributed by atoms with E-state index >= 15 is 0 Å². The molecule has 0 spiro atoms. The van der Waals surface area contributed by atoms with Gasteiger partial charge in [-0.1, -0.05) is 24.6 Å². The number of aromatic hydroxyl groups is 1. The van der Waals surface area contributed by atoms with Crippen molar-refractivity contribution in [3.05, 3.63) is 35.4 Å². The maximum Gasteiger partial charge on any atom is 0.223 e. The van der Waals surface area contributed by atoms with Crippen LogP contribution in [0.4, 0.5) is 0 Å². The van der Waals surface area contributed by atoms with Gasteiger partial charge in [0.2, 0.25) is 5.91 Å². The zero-order valence-electron chi connectivity index (χ0n) is 25.0. The number of amides is 1. The van der Waals surface area contributed by atoms with Crippen LogP contribution in [0, 0.1) is 11.8 Å². The van der Waals surface area contributed by atoms with E-state index in [0.717, 1.165) is 19.3 Å². The van der Waals surface area contributed by atoms with Crippen molar-refractivity contribution in [1.29, 1.82) is 0 Å². The lowest BCUT2D eigenvalue weighted by Crippen LogP contribution is -2.46. The molecule has 2 aliphatic heterocycles. The maximum absolute atomic E-state index is 13.8. The number of nitrogens with zero attached hydrogens (tertiary/aromatic N) is 1. The second kappa shape index (κ2) is 14.4. The number of benzene rings is 1. The number of methoxy groups -OCH3 is 1. The molecule has 2 N–H and O–H groups in total. The van der Waals surface area contributed by atoms with E-state index in [1.165, 1.54) is 18.7 Å². The van der Waals surface area contributed by atoms with Crippen molar-refractivity contribution >= 4 is 23.3 Å². The Labute approximate surface area is 247 Å². The van der Waals surface area contributed by atoms with Crippen molar-refractivity contribution in [3.63, 3.8) is 0 Å². The fourth-order valence-electron chi connectivity index (χ4n) is 5.73. The number of rotatable bonds is 16. The molecule has 0 radical (unpaired) electrons. The predicted molar refractivity (Wildman–Crippen MR) is 155 cm³/mol. The van der Waals surface area contributed by atoms with Crippen LogP contribution in [0.2, 0.25) is 0 Å². The number of ether oxygens (including phenoxy) is 3. The van der Waals surface area contributed by atoms with Gasteiger partial charge in [0, 0.05) is 37.8 Å². The molecule has 10 nitrogen and oxygen atoms in total. The minimum Gasteiger partial charge on any atom is -0.504 e. The van der Waals surface area contributed by atoms with Crippen LogP contribution in [0.15, 0.2) is 29.8 Å². The van der Waals surface area contributed by atoms with Crippen LogP contribution in [0.25, 0.3) is 0 Å². The Balaban J connectivity index is 1.46. The average Bonchev–Trinajstić information content (AvgIpc) is 3.50. The van der Waals surface area contributed by atoms with E-state index < -0.39 is 29.4 Å². The Morgan fingerprint density at radius 2 is 1.88 bits per heavy atom. The Kier molecular flexibility index (Phi) is 10.9. The summed E-state index contributed by atoms with van der Waals surface area (Å²) in [7, 11) is 1.45. The van der Waals surface area contributed by atoms with Crippen molar-refractivity contribution in [2.45, 2.75) is 70.4 Å². The van der Waals surface area contributed by atoms with E-state index in [-0.39, 0.29) is 48.9 Å². The summed E-state index contributed by atoms with van der Waals surface area (Å²) in [4.78, 5) is 55.2. The van der Waals surface area contributed by atoms with Crippen molar-refractivity contribution in [2.24, 2.45) is 11.8 Å². The van der Waals surface area contributed by atoms with Crippen molar-refractivity contribution < 1.29 is 38.5 Å². The zero-order chi connectivity index (χ0) is 30.3. The molecule has 230 valence electrons. The van der Waals surface area contributed by atoms with Crippen LogP contribution in [0.3, 0.4) is 0 Å². The third-order valence-corrected chi connectivity index (χ3v) is 8.43. The van der Waals surface area contributed by atoms with Crippen LogP contribution in [-0.4, -0.2) is 91.5 Å². The second-order valence-electron chi connectivity index (χ2n) is 12.0. The number of phenolic OH excluding ortho intramolecular Hbond substituents is 1. The van der Waals surface area contributed by atoms with E-state index in [0.29, 0.717) is 50.6 Å². The summed E-state index contributed by atoms with van der Waals surface area (Å²) in [5.74, 6) is -1.77. The van der Waals surface area contributed by atoms with Crippen molar-refractivity contribution in [2.75, 3.05) is 46.6 Å². The molecule has 2 heterocycles. The number of epoxide rings is 1. The van der Waals surface area contributed by atoms with Crippen LogP contribution in [0.5, 0.6) is 11.5 Å². The van der Waals surface area contributed by atoms with Gasteiger partial charge < -0.3 is 24.6 Å². The molecule has 4 rings (SSSR count). The monoisotopic (exact) mass is 584 g/mol. The minimum absolute atomic E-state index is 0.0352. The molecule has 0 unspecified atom stereocenters. The highest BCUT2D eigenvalue weighted by atomic mass is 16.6. The first-order chi connectivity index (χ1) is 20.1. The van der Waals surface area contributed by atoms with Gasteiger partial charge in [0.05, 0.1) is 39.5 Å². The number of hydrogen-bond acceptors (Lipinski definition) is 9. The largest absolute Gasteiger partial charge is 0.504 e. The summed E-state index contributed by atoms with van der Waals surface area (Å²) in [6.07, 6.45) is 5.71. The van der Waals surface area contributed by atoms with Gasteiger partial charge >= 0.3 is 0 Å². The fraction of sp³-hybridized carbons (Fsp3) is 0.625. The molecular weight excluding hydrogens is 540 g/mol. The SMILES string of the molecule is COc1ccc(C[C@H](NC(=O)[C@H](C)CC(=O)CN2CCOCC2)C(=O)C[C@@H](CC2=CCCC2)C(=O)[C@@]2(C)CO2)cc1O. The summed E-state index contributed by atoms with van der Waals surface area (Å²) >= 11 is 0. The summed E-state index contributed by atoms with van der Waals surface area (Å²) in [5, 5.41) is 13.2. The zero-order valence-corrected chi connectivity index (χ0v) is 25.0. The lowest BCUT2D eigenvalue weighted by molar-refractivity contribution is -0.134. The molecule has 10 heteroatoms. The van der Waals surface area contributed by atoms with Crippen LogP contribution in [-0.2, 0) is 35.1 Å². The number of Topliss-reactive ketones (excluding diaryl/α,β-unsaturated/α-hetero) is 3. The van der Waals surface area contributed by atoms with E-state index in [2.05, 4.69) is 11.4 Å². The lowest BCUT2D eigenvalue weighted by Gasteiger charge is -2.26. The van der Waals surface area contributed by atoms with Gasteiger partial charge in [-0.2, -0.15) is 0 Å². The molecule has 1 aromatic carbocycles. The van der Waals surface area contributed by atoms with Gasteiger partial charge in [0.25, 0.3) is 0 Å². The number of carbonyl (C=O) groups is 4. The first kappa shape index (κ1) is 31.8. The van der Waals surface area contributed by atoms with E-state index in [1.54, 1.807) is 26.0 Å². The van der Waals surface area contributed by atoms with Gasteiger partial charge in [0.15, 0.2) is 23.1 Å². The molecule has 2 saturated heterocycles. The first-order valence-electron chi connectivity index (χ1n) is 14.9. The minimum atomic E-state index is -0.942. The molecule has 1 aliphatic carbocycles. The van der Waals surface area contributed by atoms with E-state index in [4.69, 9.17) is 14.2 Å². The predicted octanol–water partition coefficient (Wildman–Crippen LogP) is 2.79. The standard InChI is InChI=1S/C32H44N2O8/c1-21(14-25(35)19-34-10-12-41-13-11-34)31(39)33-26(16-23-8-9-29(40-3)28(37)17-23)27(36)18-24(15-22-6-4-5-7-22)30(38)32(2)20-42-32/h6,8-9,17,21,24,26,37H,4-5,7,10-16,18-20H2,1-3H3,(H,33,39)/t21-,24-,26+,32-/m1/s1. The Morgan fingerprint density at radius 1 is 1.14 bits per heavy atom. The Bertz CT molecular complexity index is 1180. The molecule has 2 fully saturated rings. The quantitative estimate of drug-likeness (QED) is 0.222. The molecule has 42 heavy (non-hydrogen) atoms. The topological polar surface area (TPSA) is 135 Å². The molecule has 1 amide bonds. The lowest BCUT2D eigenvalue weighted by atomic mass is 9.83. The maximum atomic E-state index is 13.8. The number of hydrogen-bond donors (Lipinski definition) is 2. The molecule has 4 atom stereocenters. The fourth-order valence-corrected chi connectivity index (χ4v) is 5.73. The normalized spacial score (nSPS) is 22.5. The Hall–Kier alpha value is -3.08. The number of ketones is 3. The van der Waals surface area contributed by atoms with Crippen molar-refractivity contribution in [3.8, 4) is 11.5 Å². The van der Waals surface area contributed by atoms with E-state index in [1.807, 2.05) is 4.90 Å². The molecule has 1 aromatic rings. The molecule has 0 bridgehead atoms. The highest BCUT2D eigenvalue weighted by Gasteiger charge is 2.50.